The number of imide groups is 1. The average Bonchev–Trinajstić information content (AvgIpc) is 3.21. The van der Waals surface area contributed by atoms with Crippen LogP contribution < -0.4 is 21.6 Å². The summed E-state index contributed by atoms with van der Waals surface area (Å²) in [6.07, 6.45) is 0. The second-order valence-electron chi connectivity index (χ2n) is 6.44. The fraction of sp³-hybridized carbons (Fsp3) is 0.0526. The molecule has 0 aliphatic carbocycles. The Hall–Kier alpha value is -3.80. The number of benzene rings is 2. The summed E-state index contributed by atoms with van der Waals surface area (Å²) in [5, 5.41) is 3.95. The van der Waals surface area contributed by atoms with E-state index in [1.807, 2.05) is 5.43 Å². The molecule has 162 valence electrons. The minimum Gasteiger partial charge on any atom is -0.439 e. The molecule has 1 saturated heterocycles. The van der Waals surface area contributed by atoms with E-state index in [1.165, 1.54) is 18.2 Å². The Morgan fingerprint density at radius 3 is 2.53 bits per heavy atom. The third-order valence-corrected chi connectivity index (χ3v) is 5.24. The van der Waals surface area contributed by atoms with Crippen molar-refractivity contribution >= 4 is 69.3 Å². The van der Waals surface area contributed by atoms with E-state index in [0.717, 1.165) is 0 Å². The molecule has 4 rings (SSSR count). The van der Waals surface area contributed by atoms with Crippen molar-refractivity contribution in [3.05, 3.63) is 58.4 Å². The van der Waals surface area contributed by atoms with Gasteiger partial charge >= 0.3 is 11.9 Å². The molecule has 1 fully saturated rings. The third kappa shape index (κ3) is 3.68. The molecule has 3 aromatic rings. The molecule has 1 atom stereocenters. The molecule has 11 nitrogen and oxygen atoms in total. The monoisotopic (exact) mass is 474 g/mol. The number of hydrogen-bond acceptors (Lipinski definition) is 8. The number of hydrogen-bond donors (Lipinski definition) is 3. The van der Waals surface area contributed by atoms with Crippen molar-refractivity contribution in [2.45, 2.75) is 5.92 Å². The number of ketones is 1. The van der Waals surface area contributed by atoms with Crippen molar-refractivity contribution in [2.75, 3.05) is 4.90 Å². The molecule has 4 N–H and O–H groups in total. The number of para-hydroxylation sites is 2. The predicted molar refractivity (Wildman–Crippen MR) is 114 cm³/mol. The first kappa shape index (κ1) is 21.4. The number of amides is 4. The van der Waals surface area contributed by atoms with Gasteiger partial charge in [-0.3, -0.25) is 19.8 Å². The van der Waals surface area contributed by atoms with Gasteiger partial charge in [-0.15, -0.1) is 0 Å². The SMILES string of the molecule is NNC(=O)N/N=C1/C(=O)N(c2ccc(Cl)c(Cl)c2)C(=O)C(=O)[C@H]1c1nc2ccccc2o1. The second-order valence-corrected chi connectivity index (χ2v) is 7.26. The van der Waals surface area contributed by atoms with Crippen LogP contribution in [0.3, 0.4) is 0 Å². The molecule has 1 aliphatic heterocycles. The van der Waals surface area contributed by atoms with E-state index in [0.29, 0.717) is 16.0 Å². The molecule has 4 amide bonds. The van der Waals surface area contributed by atoms with Gasteiger partial charge in [0, 0.05) is 0 Å². The first-order valence-corrected chi connectivity index (χ1v) is 9.64. The summed E-state index contributed by atoms with van der Waals surface area (Å²) in [6, 6.07) is 9.56. The number of halogens is 2. The molecule has 0 bridgehead atoms. The fourth-order valence-electron chi connectivity index (χ4n) is 3.04. The smallest absolute Gasteiger partial charge is 0.349 e. The Morgan fingerprint density at radius 1 is 1.09 bits per heavy atom. The number of urea groups is 1. The highest BCUT2D eigenvalue weighted by molar-refractivity contribution is 6.67. The number of rotatable bonds is 3. The lowest BCUT2D eigenvalue weighted by atomic mass is 9.91. The number of nitrogens with two attached hydrogens (primary N) is 1. The Labute approximate surface area is 189 Å². The largest absolute Gasteiger partial charge is 0.439 e. The van der Waals surface area contributed by atoms with Gasteiger partial charge < -0.3 is 4.42 Å². The van der Waals surface area contributed by atoms with E-state index in [4.69, 9.17) is 33.5 Å². The van der Waals surface area contributed by atoms with Crippen LogP contribution in [0.15, 0.2) is 52.0 Å². The van der Waals surface area contributed by atoms with Crippen LogP contribution >= 0.6 is 23.2 Å². The van der Waals surface area contributed by atoms with Gasteiger partial charge in [-0.1, -0.05) is 35.3 Å². The molecule has 0 radical (unpaired) electrons. The number of hydrazone groups is 1. The van der Waals surface area contributed by atoms with Gasteiger partial charge in [0.2, 0.25) is 11.7 Å². The number of nitrogens with zero attached hydrogens (tertiary/aromatic N) is 3. The minimum absolute atomic E-state index is 0.0188. The molecule has 2 aromatic carbocycles. The van der Waals surface area contributed by atoms with Crippen LogP contribution in [0.2, 0.25) is 10.0 Å². The quantitative estimate of drug-likeness (QED) is 0.171. The number of carbonyl (C=O) groups excluding carboxylic acids is 4. The van der Waals surface area contributed by atoms with Gasteiger partial charge in [-0.2, -0.15) is 5.10 Å². The zero-order chi connectivity index (χ0) is 23.0. The summed E-state index contributed by atoms with van der Waals surface area (Å²) in [5.74, 6) is -0.0472. The Kier molecular flexibility index (Phi) is 5.61. The number of Topliss-reactive ketones (excluding diaryl/α,β-unsaturated/α-hetero) is 1. The van der Waals surface area contributed by atoms with Crippen LogP contribution in [0.4, 0.5) is 10.5 Å². The maximum atomic E-state index is 13.3. The first-order valence-electron chi connectivity index (χ1n) is 8.89. The standard InChI is InChI=1S/C19H12Cl2N6O5/c20-9-6-5-8(7-10(9)21)27-17(29)14(25-26-19(31)24-22)13(15(28)18(27)30)16-23-11-3-1-2-4-12(11)32-16/h1-7,13H,22H2,(H2,24,26,31)/b25-14+/t13-/m0/s1. The summed E-state index contributed by atoms with van der Waals surface area (Å²) >= 11 is 11.9. The molecule has 32 heavy (non-hydrogen) atoms. The number of piperidine rings is 1. The summed E-state index contributed by atoms with van der Waals surface area (Å²) in [5.41, 5.74) is 3.93. The van der Waals surface area contributed by atoms with Gasteiger partial charge in [0.05, 0.1) is 15.7 Å². The minimum atomic E-state index is -1.60. The van der Waals surface area contributed by atoms with Gasteiger partial charge in [-0.05, 0) is 30.3 Å². The molecule has 0 spiro atoms. The topological polar surface area (TPSA) is 160 Å². The highest BCUT2D eigenvalue weighted by Gasteiger charge is 2.49. The van der Waals surface area contributed by atoms with Gasteiger partial charge in [-0.25, -0.2) is 25.9 Å². The lowest BCUT2D eigenvalue weighted by Crippen LogP contribution is -2.55. The van der Waals surface area contributed by atoms with Crippen molar-refractivity contribution in [2.24, 2.45) is 10.9 Å². The number of aromatic nitrogens is 1. The first-order chi connectivity index (χ1) is 15.3. The van der Waals surface area contributed by atoms with Crippen molar-refractivity contribution in [1.82, 2.24) is 15.8 Å². The van der Waals surface area contributed by atoms with Crippen LogP contribution in [0.1, 0.15) is 11.8 Å². The van der Waals surface area contributed by atoms with Crippen LogP contribution in [-0.2, 0) is 14.4 Å². The zero-order valence-corrected chi connectivity index (χ0v) is 17.3. The number of fused-ring (bicyclic) bond motifs is 1. The average molecular weight is 475 g/mol. The summed E-state index contributed by atoms with van der Waals surface area (Å²) in [6.45, 7) is 0. The fourth-order valence-corrected chi connectivity index (χ4v) is 3.34. The summed E-state index contributed by atoms with van der Waals surface area (Å²) in [4.78, 5) is 55.5. The molecular weight excluding hydrogens is 463 g/mol. The summed E-state index contributed by atoms with van der Waals surface area (Å²) in [7, 11) is 0. The molecule has 13 heteroatoms. The lowest BCUT2D eigenvalue weighted by molar-refractivity contribution is -0.139. The number of oxazole rings is 1. The van der Waals surface area contributed by atoms with Crippen molar-refractivity contribution < 1.29 is 23.6 Å². The highest BCUT2D eigenvalue weighted by atomic mass is 35.5. The molecule has 2 heterocycles. The van der Waals surface area contributed by atoms with Gasteiger partial charge in [0.15, 0.2) is 11.5 Å². The van der Waals surface area contributed by atoms with E-state index in [-0.39, 0.29) is 21.6 Å². The second kappa shape index (κ2) is 8.38. The lowest BCUT2D eigenvalue weighted by Gasteiger charge is -2.28. The number of anilines is 1. The van der Waals surface area contributed by atoms with Gasteiger partial charge in [0.25, 0.3) is 5.91 Å². The Balaban J connectivity index is 1.84. The van der Waals surface area contributed by atoms with Gasteiger partial charge in [0.1, 0.15) is 11.2 Å². The van der Waals surface area contributed by atoms with Crippen LogP contribution in [-0.4, -0.2) is 34.3 Å². The van der Waals surface area contributed by atoms with E-state index < -0.39 is 35.3 Å². The molecule has 0 saturated carbocycles. The molecule has 1 aromatic heterocycles. The van der Waals surface area contributed by atoms with Crippen molar-refractivity contribution in [1.29, 1.82) is 0 Å². The normalized spacial score (nSPS) is 17.8. The van der Waals surface area contributed by atoms with Crippen LogP contribution in [0.5, 0.6) is 0 Å². The number of carbonyl (C=O) groups is 4. The predicted octanol–water partition coefficient (Wildman–Crippen LogP) is 1.89. The van der Waals surface area contributed by atoms with Crippen molar-refractivity contribution in [3.63, 3.8) is 0 Å². The Bertz CT molecular complexity index is 1290. The maximum Gasteiger partial charge on any atom is 0.349 e. The van der Waals surface area contributed by atoms with E-state index in [1.54, 1.807) is 29.7 Å². The van der Waals surface area contributed by atoms with E-state index >= 15 is 0 Å². The number of hydrazine groups is 1. The third-order valence-electron chi connectivity index (χ3n) is 4.50. The molecular formula is C19H12Cl2N6O5. The molecule has 0 unspecified atom stereocenters. The van der Waals surface area contributed by atoms with Crippen LogP contribution in [0, 0.1) is 0 Å². The Morgan fingerprint density at radius 2 is 1.84 bits per heavy atom. The van der Waals surface area contributed by atoms with E-state index in [9.17, 15) is 19.2 Å². The molecule has 1 aliphatic rings. The zero-order valence-electron chi connectivity index (χ0n) is 15.8. The van der Waals surface area contributed by atoms with Crippen LogP contribution in [0.25, 0.3) is 11.1 Å². The van der Waals surface area contributed by atoms with E-state index in [2.05, 4.69) is 10.1 Å². The van der Waals surface area contributed by atoms with Crippen molar-refractivity contribution in [3.8, 4) is 0 Å². The maximum absolute atomic E-state index is 13.3. The number of nitrogens with one attached hydrogen (secondary N) is 2. The summed E-state index contributed by atoms with van der Waals surface area (Å²) < 4.78 is 5.59. The highest BCUT2D eigenvalue weighted by Crippen LogP contribution is 2.33.